The molecule has 2 aromatic carbocycles. The van der Waals surface area contributed by atoms with E-state index in [-0.39, 0.29) is 5.82 Å². The third-order valence-electron chi connectivity index (χ3n) is 3.47. The first-order valence-corrected chi connectivity index (χ1v) is 6.78. The number of benzene rings is 2. The van der Waals surface area contributed by atoms with Crippen LogP contribution in [0.2, 0.25) is 0 Å². The normalized spacial score (nSPS) is 10.9. The largest absolute Gasteiger partial charge is 0.381 e. The number of halogens is 1. The van der Waals surface area contributed by atoms with Crippen molar-refractivity contribution in [2.45, 2.75) is 13.5 Å². The van der Waals surface area contributed by atoms with Gasteiger partial charge in [0.25, 0.3) is 0 Å². The molecule has 1 N–H and O–H groups in total. The molecule has 0 aliphatic carbocycles. The lowest BCUT2D eigenvalue weighted by Crippen LogP contribution is -2.10. The van der Waals surface area contributed by atoms with Gasteiger partial charge in [-0.15, -0.1) is 0 Å². The van der Waals surface area contributed by atoms with E-state index < -0.39 is 0 Å². The Kier molecular flexibility index (Phi) is 3.42. The van der Waals surface area contributed by atoms with E-state index >= 15 is 0 Å². The molecule has 0 bridgehead atoms. The van der Waals surface area contributed by atoms with Gasteiger partial charge < -0.3 is 9.88 Å². The second kappa shape index (κ2) is 5.37. The maximum atomic E-state index is 13.5. The van der Waals surface area contributed by atoms with Gasteiger partial charge in [0.1, 0.15) is 5.82 Å². The highest BCUT2D eigenvalue weighted by molar-refractivity contribution is 5.80. The van der Waals surface area contributed by atoms with Crippen molar-refractivity contribution in [2.24, 2.45) is 0 Å². The number of nitrogens with one attached hydrogen (secondary N) is 1. The highest BCUT2D eigenvalue weighted by atomic mass is 19.1. The van der Waals surface area contributed by atoms with Crippen molar-refractivity contribution >= 4 is 16.6 Å². The first-order chi connectivity index (χ1) is 9.74. The van der Waals surface area contributed by atoms with E-state index in [1.807, 2.05) is 6.07 Å². The van der Waals surface area contributed by atoms with E-state index in [0.29, 0.717) is 12.2 Å². The summed E-state index contributed by atoms with van der Waals surface area (Å²) in [6, 6.07) is 15.3. The fourth-order valence-corrected chi connectivity index (χ4v) is 2.43. The Morgan fingerprint density at radius 3 is 2.80 bits per heavy atom. The maximum absolute atomic E-state index is 13.5. The van der Waals surface area contributed by atoms with E-state index in [1.165, 1.54) is 22.5 Å². The van der Waals surface area contributed by atoms with Crippen molar-refractivity contribution in [3.05, 3.63) is 66.1 Å². The van der Waals surface area contributed by atoms with Gasteiger partial charge in [0, 0.05) is 24.8 Å². The lowest BCUT2D eigenvalue weighted by molar-refractivity contribution is 0.628. The van der Waals surface area contributed by atoms with Gasteiger partial charge in [-0.2, -0.15) is 0 Å². The molecule has 0 saturated heterocycles. The van der Waals surface area contributed by atoms with Crippen molar-refractivity contribution in [2.75, 3.05) is 11.9 Å². The number of para-hydroxylation sites is 1. The van der Waals surface area contributed by atoms with Crippen LogP contribution in [0.4, 0.5) is 10.1 Å². The fourth-order valence-electron chi connectivity index (χ4n) is 2.43. The highest BCUT2D eigenvalue weighted by Crippen LogP contribution is 2.17. The quantitative estimate of drug-likeness (QED) is 0.750. The second-order valence-corrected chi connectivity index (χ2v) is 4.98. The molecular weight excluding hydrogens is 251 g/mol. The van der Waals surface area contributed by atoms with Crippen LogP contribution in [0.15, 0.2) is 54.7 Å². The SMILES string of the molecule is Cc1ccc2c(ccn2CCNc2ccccc2F)c1. The zero-order valence-electron chi connectivity index (χ0n) is 11.4. The number of aromatic nitrogens is 1. The molecule has 2 nitrogen and oxygen atoms in total. The van der Waals surface area contributed by atoms with Crippen LogP contribution in [0.25, 0.3) is 10.9 Å². The van der Waals surface area contributed by atoms with Gasteiger partial charge >= 0.3 is 0 Å². The van der Waals surface area contributed by atoms with Crippen LogP contribution in [0, 0.1) is 12.7 Å². The molecule has 1 aromatic heterocycles. The van der Waals surface area contributed by atoms with Gasteiger partial charge in [-0.25, -0.2) is 4.39 Å². The van der Waals surface area contributed by atoms with E-state index in [0.717, 1.165) is 6.54 Å². The molecule has 0 atom stereocenters. The Morgan fingerprint density at radius 1 is 1.10 bits per heavy atom. The predicted octanol–water partition coefficient (Wildman–Crippen LogP) is 4.20. The molecule has 3 heteroatoms. The van der Waals surface area contributed by atoms with Crippen molar-refractivity contribution in [3.63, 3.8) is 0 Å². The van der Waals surface area contributed by atoms with Crippen LogP contribution in [-0.2, 0) is 6.54 Å². The van der Waals surface area contributed by atoms with E-state index in [9.17, 15) is 4.39 Å². The molecule has 0 spiro atoms. The van der Waals surface area contributed by atoms with Crippen molar-refractivity contribution in [3.8, 4) is 0 Å². The van der Waals surface area contributed by atoms with Gasteiger partial charge in [-0.3, -0.25) is 0 Å². The summed E-state index contributed by atoms with van der Waals surface area (Å²) in [4.78, 5) is 0. The Hall–Kier alpha value is -2.29. The van der Waals surface area contributed by atoms with Crippen LogP contribution >= 0.6 is 0 Å². The lowest BCUT2D eigenvalue weighted by Gasteiger charge is -2.09. The molecule has 0 saturated carbocycles. The standard InChI is InChI=1S/C17H17FN2/c1-13-6-7-17-14(12-13)8-10-20(17)11-9-19-16-5-3-2-4-15(16)18/h2-8,10,12,19H,9,11H2,1H3. The van der Waals surface area contributed by atoms with Gasteiger partial charge in [0.15, 0.2) is 0 Å². The zero-order chi connectivity index (χ0) is 13.9. The minimum atomic E-state index is -0.208. The molecular formula is C17H17FN2. The molecule has 102 valence electrons. The summed E-state index contributed by atoms with van der Waals surface area (Å²) in [5.74, 6) is -0.208. The smallest absolute Gasteiger partial charge is 0.146 e. The summed E-state index contributed by atoms with van der Waals surface area (Å²) < 4.78 is 15.7. The van der Waals surface area contributed by atoms with Gasteiger partial charge in [0.2, 0.25) is 0 Å². The van der Waals surface area contributed by atoms with Crippen LogP contribution in [0.3, 0.4) is 0 Å². The minimum Gasteiger partial charge on any atom is -0.381 e. The van der Waals surface area contributed by atoms with Crippen LogP contribution in [0.5, 0.6) is 0 Å². The molecule has 0 aliphatic rings. The topological polar surface area (TPSA) is 17.0 Å². The van der Waals surface area contributed by atoms with Crippen LogP contribution < -0.4 is 5.32 Å². The lowest BCUT2D eigenvalue weighted by atomic mass is 10.2. The Labute approximate surface area is 117 Å². The number of rotatable bonds is 4. The molecule has 0 amide bonds. The Morgan fingerprint density at radius 2 is 1.95 bits per heavy atom. The van der Waals surface area contributed by atoms with Crippen molar-refractivity contribution < 1.29 is 4.39 Å². The van der Waals surface area contributed by atoms with E-state index in [2.05, 4.69) is 47.3 Å². The molecule has 20 heavy (non-hydrogen) atoms. The van der Waals surface area contributed by atoms with Crippen LogP contribution in [0.1, 0.15) is 5.56 Å². The van der Waals surface area contributed by atoms with Gasteiger partial charge in [-0.1, -0.05) is 23.8 Å². The minimum absolute atomic E-state index is 0.208. The molecule has 1 heterocycles. The number of anilines is 1. The molecule has 3 rings (SSSR count). The van der Waals surface area contributed by atoms with Crippen molar-refractivity contribution in [1.29, 1.82) is 0 Å². The first kappa shape index (κ1) is 12.7. The molecule has 0 radical (unpaired) electrons. The summed E-state index contributed by atoms with van der Waals surface area (Å²) in [7, 11) is 0. The van der Waals surface area contributed by atoms with E-state index in [4.69, 9.17) is 0 Å². The Balaban J connectivity index is 1.70. The van der Waals surface area contributed by atoms with Crippen molar-refractivity contribution in [1.82, 2.24) is 4.57 Å². The van der Waals surface area contributed by atoms with E-state index in [1.54, 1.807) is 12.1 Å². The van der Waals surface area contributed by atoms with Crippen LogP contribution in [-0.4, -0.2) is 11.1 Å². The first-order valence-electron chi connectivity index (χ1n) is 6.78. The number of nitrogens with zero attached hydrogens (tertiary/aromatic N) is 1. The summed E-state index contributed by atoms with van der Waals surface area (Å²) in [5, 5.41) is 4.38. The highest BCUT2D eigenvalue weighted by Gasteiger charge is 2.02. The molecule has 0 fully saturated rings. The number of fused-ring (bicyclic) bond motifs is 1. The summed E-state index contributed by atoms with van der Waals surface area (Å²) in [6.07, 6.45) is 2.08. The Bertz CT molecular complexity index is 731. The molecule has 3 aromatic rings. The zero-order valence-corrected chi connectivity index (χ0v) is 11.4. The van der Waals surface area contributed by atoms with Gasteiger partial charge in [-0.05, 0) is 42.6 Å². The predicted molar refractivity (Wildman–Crippen MR) is 81.6 cm³/mol. The maximum Gasteiger partial charge on any atom is 0.146 e. The third-order valence-corrected chi connectivity index (χ3v) is 3.47. The second-order valence-electron chi connectivity index (χ2n) is 4.98. The number of hydrogen-bond donors (Lipinski definition) is 1. The third kappa shape index (κ3) is 2.52. The van der Waals surface area contributed by atoms with Gasteiger partial charge in [0.05, 0.1) is 5.69 Å². The summed E-state index contributed by atoms with van der Waals surface area (Å²) in [5.41, 5.74) is 3.03. The average molecular weight is 268 g/mol. The monoisotopic (exact) mass is 268 g/mol. The fraction of sp³-hybridized carbons (Fsp3) is 0.176. The average Bonchev–Trinajstić information content (AvgIpc) is 2.83. The number of hydrogen-bond acceptors (Lipinski definition) is 1. The summed E-state index contributed by atoms with van der Waals surface area (Å²) >= 11 is 0. The summed E-state index contributed by atoms with van der Waals surface area (Å²) in [6.45, 7) is 3.59. The molecule has 0 unspecified atom stereocenters. The molecule has 0 aliphatic heterocycles. The number of aryl methyl sites for hydroxylation is 1.